The van der Waals surface area contributed by atoms with Gasteiger partial charge >= 0.3 is 5.97 Å². The second kappa shape index (κ2) is 6.96. The molecule has 0 saturated carbocycles. The topological polar surface area (TPSA) is 71.4 Å². The number of halogens is 1. The lowest BCUT2D eigenvalue weighted by atomic mass is 9.97. The van der Waals surface area contributed by atoms with Crippen LogP contribution in [0.3, 0.4) is 0 Å². The molecule has 0 bridgehead atoms. The summed E-state index contributed by atoms with van der Waals surface area (Å²) in [5, 5.41) is 8.55. The van der Waals surface area contributed by atoms with Crippen LogP contribution in [0.4, 0.5) is 4.39 Å². The molecule has 0 atom stereocenters. The van der Waals surface area contributed by atoms with Crippen LogP contribution in [0.5, 0.6) is 0 Å². The maximum atomic E-state index is 13.1. The van der Waals surface area contributed by atoms with Crippen LogP contribution in [0.15, 0.2) is 42.5 Å². The third-order valence-corrected chi connectivity index (χ3v) is 3.51. The van der Waals surface area contributed by atoms with E-state index in [2.05, 4.69) is 0 Å². The quantitative estimate of drug-likeness (QED) is 0.505. The highest BCUT2D eigenvalue weighted by molar-refractivity contribution is 6.37. The number of carbonyl (C=O) groups excluding carboxylic acids is 2. The van der Waals surface area contributed by atoms with Gasteiger partial charge in [0.1, 0.15) is 5.82 Å². The lowest BCUT2D eigenvalue weighted by Crippen LogP contribution is -2.17. The maximum absolute atomic E-state index is 13.1. The Balaban J connectivity index is 2.18. The number of carboxylic acids is 1. The summed E-state index contributed by atoms with van der Waals surface area (Å²) in [6.07, 6.45) is -0.144. The zero-order valence-corrected chi connectivity index (χ0v) is 12.5. The Bertz CT molecular complexity index is 780. The normalized spacial score (nSPS) is 10.3. The van der Waals surface area contributed by atoms with Crippen molar-refractivity contribution in [2.45, 2.75) is 19.8 Å². The van der Waals surface area contributed by atoms with Gasteiger partial charge in [0.25, 0.3) is 0 Å². The van der Waals surface area contributed by atoms with Crippen LogP contribution in [-0.4, -0.2) is 22.6 Å². The molecule has 23 heavy (non-hydrogen) atoms. The van der Waals surface area contributed by atoms with Crippen LogP contribution in [0.2, 0.25) is 0 Å². The van der Waals surface area contributed by atoms with Gasteiger partial charge in [-0.3, -0.25) is 9.59 Å². The molecule has 5 heteroatoms. The predicted molar refractivity (Wildman–Crippen MR) is 82.0 cm³/mol. The minimum Gasteiger partial charge on any atom is -0.475 e. The van der Waals surface area contributed by atoms with Crippen molar-refractivity contribution in [2.24, 2.45) is 0 Å². The van der Waals surface area contributed by atoms with Gasteiger partial charge in [0.15, 0.2) is 5.78 Å². The zero-order valence-electron chi connectivity index (χ0n) is 12.5. The van der Waals surface area contributed by atoms with Gasteiger partial charge in [0, 0.05) is 5.56 Å². The fourth-order valence-electron chi connectivity index (χ4n) is 2.26. The second-order valence-corrected chi connectivity index (χ2v) is 5.28. The van der Waals surface area contributed by atoms with E-state index in [0.29, 0.717) is 6.42 Å². The molecule has 2 aromatic rings. The number of carbonyl (C=O) groups is 3. The van der Waals surface area contributed by atoms with Crippen molar-refractivity contribution < 1.29 is 23.9 Å². The summed E-state index contributed by atoms with van der Waals surface area (Å²) in [6, 6.07) is 11.2. The molecule has 0 aliphatic rings. The van der Waals surface area contributed by atoms with E-state index >= 15 is 0 Å². The monoisotopic (exact) mass is 314 g/mol. The van der Waals surface area contributed by atoms with E-state index in [0.717, 1.165) is 16.7 Å². The molecule has 0 aliphatic heterocycles. The van der Waals surface area contributed by atoms with Gasteiger partial charge in [-0.2, -0.15) is 0 Å². The standard InChI is InChI=1S/C18H15FO4/c1-11-7-15(19)6-5-13(11)8-12-3-2-4-14(9-12)16(20)10-17(21)18(22)23/h2-7,9H,8,10H2,1H3,(H,22,23). The number of carboxylic acid groups (broad SMARTS) is 1. The molecule has 0 radical (unpaired) electrons. The largest absolute Gasteiger partial charge is 0.475 e. The van der Waals surface area contributed by atoms with E-state index in [1.165, 1.54) is 12.1 Å². The number of Topliss-reactive ketones (excluding diaryl/α,β-unsaturated/α-hetero) is 2. The highest BCUT2D eigenvalue weighted by atomic mass is 19.1. The van der Waals surface area contributed by atoms with Crippen LogP contribution >= 0.6 is 0 Å². The molecule has 0 amide bonds. The third-order valence-electron chi connectivity index (χ3n) is 3.51. The molecule has 0 fully saturated rings. The first-order valence-corrected chi connectivity index (χ1v) is 7.00. The van der Waals surface area contributed by atoms with Crippen molar-refractivity contribution in [3.8, 4) is 0 Å². The minimum atomic E-state index is -1.61. The highest BCUT2D eigenvalue weighted by Gasteiger charge is 2.18. The van der Waals surface area contributed by atoms with Gasteiger partial charge in [-0.05, 0) is 48.2 Å². The first-order chi connectivity index (χ1) is 10.9. The molecular formula is C18H15FO4. The zero-order chi connectivity index (χ0) is 17.0. The first-order valence-electron chi connectivity index (χ1n) is 7.00. The Labute approximate surface area is 132 Å². The summed E-state index contributed by atoms with van der Waals surface area (Å²) in [5.74, 6) is -3.58. The Hall–Kier alpha value is -2.82. The molecular weight excluding hydrogens is 299 g/mol. The number of benzene rings is 2. The second-order valence-electron chi connectivity index (χ2n) is 5.28. The van der Waals surface area contributed by atoms with E-state index in [-0.39, 0.29) is 11.4 Å². The molecule has 118 valence electrons. The number of ketones is 2. The minimum absolute atomic E-state index is 0.289. The summed E-state index contributed by atoms with van der Waals surface area (Å²) in [6.45, 7) is 1.80. The van der Waals surface area contributed by atoms with Crippen molar-refractivity contribution in [3.05, 3.63) is 70.5 Å². The SMILES string of the molecule is Cc1cc(F)ccc1Cc1cccc(C(=O)CC(=O)C(=O)O)c1. The Morgan fingerprint density at radius 2 is 1.83 bits per heavy atom. The third kappa shape index (κ3) is 4.32. The van der Waals surface area contributed by atoms with Gasteiger partial charge in [-0.25, -0.2) is 9.18 Å². The summed E-state index contributed by atoms with van der Waals surface area (Å²) >= 11 is 0. The van der Waals surface area contributed by atoms with Crippen LogP contribution in [0.25, 0.3) is 0 Å². The van der Waals surface area contributed by atoms with Crippen molar-refractivity contribution in [1.82, 2.24) is 0 Å². The van der Waals surface area contributed by atoms with E-state index in [9.17, 15) is 18.8 Å². The fourth-order valence-corrected chi connectivity index (χ4v) is 2.26. The molecule has 1 N–H and O–H groups in total. The first kappa shape index (κ1) is 16.5. The van der Waals surface area contributed by atoms with Crippen LogP contribution in [0.1, 0.15) is 33.5 Å². The molecule has 2 aromatic carbocycles. The van der Waals surface area contributed by atoms with E-state index < -0.39 is 24.0 Å². The van der Waals surface area contributed by atoms with Crippen LogP contribution in [0, 0.1) is 12.7 Å². The average molecular weight is 314 g/mol. The summed E-state index contributed by atoms with van der Waals surface area (Å²) in [5.41, 5.74) is 2.85. The molecule has 0 saturated heterocycles. The van der Waals surface area contributed by atoms with Crippen molar-refractivity contribution in [2.75, 3.05) is 0 Å². The molecule has 0 heterocycles. The summed E-state index contributed by atoms with van der Waals surface area (Å²) in [7, 11) is 0. The van der Waals surface area contributed by atoms with Gasteiger partial charge in [-0.15, -0.1) is 0 Å². The van der Waals surface area contributed by atoms with E-state index in [1.807, 2.05) is 6.07 Å². The van der Waals surface area contributed by atoms with Crippen LogP contribution in [-0.2, 0) is 16.0 Å². The van der Waals surface area contributed by atoms with Crippen molar-refractivity contribution >= 4 is 17.5 Å². The van der Waals surface area contributed by atoms with Crippen molar-refractivity contribution in [3.63, 3.8) is 0 Å². The van der Waals surface area contributed by atoms with Gasteiger partial charge in [0.05, 0.1) is 6.42 Å². The van der Waals surface area contributed by atoms with Gasteiger partial charge < -0.3 is 5.11 Å². The van der Waals surface area contributed by atoms with Crippen LogP contribution < -0.4 is 0 Å². The Morgan fingerprint density at radius 1 is 1.09 bits per heavy atom. The van der Waals surface area contributed by atoms with Crippen molar-refractivity contribution in [1.29, 1.82) is 0 Å². The summed E-state index contributed by atoms with van der Waals surface area (Å²) < 4.78 is 13.1. The number of aliphatic carboxylic acids is 1. The number of hydrogen-bond donors (Lipinski definition) is 1. The number of hydrogen-bond acceptors (Lipinski definition) is 3. The predicted octanol–water partition coefficient (Wildman–Crippen LogP) is 2.95. The van der Waals surface area contributed by atoms with Gasteiger partial charge in [0.2, 0.25) is 5.78 Å². The lowest BCUT2D eigenvalue weighted by Gasteiger charge is -2.07. The fraction of sp³-hybridized carbons (Fsp3) is 0.167. The Kier molecular flexibility index (Phi) is 5.01. The van der Waals surface area contributed by atoms with E-state index in [4.69, 9.17) is 5.11 Å². The average Bonchev–Trinajstić information content (AvgIpc) is 2.50. The molecule has 0 unspecified atom stereocenters. The molecule has 0 aliphatic carbocycles. The van der Waals surface area contributed by atoms with E-state index in [1.54, 1.807) is 31.2 Å². The summed E-state index contributed by atoms with van der Waals surface area (Å²) in [4.78, 5) is 33.6. The number of aryl methyl sites for hydroxylation is 1. The smallest absolute Gasteiger partial charge is 0.372 e. The number of rotatable bonds is 6. The highest BCUT2D eigenvalue weighted by Crippen LogP contribution is 2.17. The lowest BCUT2D eigenvalue weighted by molar-refractivity contribution is -0.148. The molecule has 0 aromatic heterocycles. The maximum Gasteiger partial charge on any atom is 0.372 e. The Morgan fingerprint density at radius 3 is 2.48 bits per heavy atom. The molecule has 0 spiro atoms. The van der Waals surface area contributed by atoms with Gasteiger partial charge in [-0.1, -0.05) is 24.3 Å². The molecule has 4 nitrogen and oxygen atoms in total. The molecule has 2 rings (SSSR count).